The molecule has 1 aromatic heterocycles. The van der Waals surface area contributed by atoms with Crippen molar-refractivity contribution in [1.29, 1.82) is 0 Å². The lowest BCUT2D eigenvalue weighted by atomic mass is 10.2. The highest BCUT2D eigenvalue weighted by molar-refractivity contribution is 7.91. The van der Waals surface area contributed by atoms with Gasteiger partial charge in [-0.05, 0) is 48.4 Å². The Morgan fingerprint density at radius 2 is 1.68 bits per heavy atom. The van der Waals surface area contributed by atoms with Gasteiger partial charge in [0.05, 0.1) is 11.5 Å². The van der Waals surface area contributed by atoms with E-state index in [9.17, 15) is 8.42 Å². The van der Waals surface area contributed by atoms with Gasteiger partial charge in [-0.15, -0.1) is 0 Å². The van der Waals surface area contributed by atoms with Crippen molar-refractivity contribution in [3.63, 3.8) is 0 Å². The van der Waals surface area contributed by atoms with Gasteiger partial charge in [-0.3, -0.25) is 0 Å². The molecule has 37 heavy (non-hydrogen) atoms. The molecule has 5 rings (SSSR count). The molecular weight excluding hydrogens is 492 g/mol. The summed E-state index contributed by atoms with van der Waals surface area (Å²) >= 11 is 0. The molecule has 3 aromatic carbocycles. The van der Waals surface area contributed by atoms with Gasteiger partial charge in [0.2, 0.25) is 26.6 Å². The first-order valence-electron chi connectivity index (χ1n) is 12.1. The van der Waals surface area contributed by atoms with Gasteiger partial charge in [0, 0.05) is 25.2 Å². The number of aromatic nitrogens is 1. The summed E-state index contributed by atoms with van der Waals surface area (Å²) in [6, 6.07) is 21.6. The molecule has 0 spiro atoms. The van der Waals surface area contributed by atoms with E-state index in [1.807, 2.05) is 49.4 Å². The molecule has 9 heteroatoms. The summed E-state index contributed by atoms with van der Waals surface area (Å²) in [5, 5.41) is -0.163. The molecule has 1 aliphatic rings. The van der Waals surface area contributed by atoms with E-state index >= 15 is 0 Å². The third-order valence-corrected chi connectivity index (χ3v) is 7.49. The zero-order valence-electron chi connectivity index (χ0n) is 20.7. The smallest absolute Gasteiger partial charge is 0.236 e. The van der Waals surface area contributed by atoms with Crippen LogP contribution in [-0.2, 0) is 16.4 Å². The third-order valence-electron chi connectivity index (χ3n) is 5.84. The summed E-state index contributed by atoms with van der Waals surface area (Å²) in [5.74, 6) is 1.98. The number of oxazole rings is 1. The molecule has 0 radical (unpaired) electrons. The van der Waals surface area contributed by atoms with E-state index in [1.54, 1.807) is 30.1 Å². The van der Waals surface area contributed by atoms with Gasteiger partial charge in [-0.2, -0.15) is 4.98 Å². The minimum atomic E-state index is -4.05. The van der Waals surface area contributed by atoms with Crippen LogP contribution in [0, 0.1) is 0 Å². The summed E-state index contributed by atoms with van der Waals surface area (Å²) in [6.45, 7) is 3.86. The van der Waals surface area contributed by atoms with Crippen LogP contribution in [0.4, 0.5) is 5.88 Å². The van der Waals surface area contributed by atoms with Crippen molar-refractivity contribution in [3.05, 3.63) is 78.4 Å². The van der Waals surface area contributed by atoms with Crippen LogP contribution < -0.4 is 19.1 Å². The highest BCUT2D eigenvalue weighted by Gasteiger charge is 2.31. The minimum Gasteiger partial charge on any atom is -0.494 e. The van der Waals surface area contributed by atoms with E-state index in [-0.39, 0.29) is 21.7 Å². The van der Waals surface area contributed by atoms with E-state index < -0.39 is 9.84 Å². The van der Waals surface area contributed by atoms with Crippen molar-refractivity contribution in [2.75, 3.05) is 31.8 Å². The molecule has 8 nitrogen and oxygen atoms in total. The van der Waals surface area contributed by atoms with Crippen molar-refractivity contribution >= 4 is 15.7 Å². The van der Waals surface area contributed by atoms with Crippen LogP contribution in [0.15, 0.2) is 87.1 Å². The van der Waals surface area contributed by atoms with Gasteiger partial charge >= 0.3 is 0 Å². The molecule has 0 atom stereocenters. The largest absolute Gasteiger partial charge is 0.494 e. The number of hydrogen-bond donors (Lipinski definition) is 0. The molecule has 0 amide bonds. The molecule has 0 fully saturated rings. The average molecular weight is 521 g/mol. The molecule has 0 aliphatic carbocycles. The lowest BCUT2D eigenvalue weighted by molar-refractivity contribution is 0.171. The van der Waals surface area contributed by atoms with Gasteiger partial charge in [0.25, 0.3) is 0 Å². The lowest BCUT2D eigenvalue weighted by Gasteiger charge is -2.19. The monoisotopic (exact) mass is 520 g/mol. The van der Waals surface area contributed by atoms with E-state index in [2.05, 4.69) is 4.98 Å². The molecule has 1 aliphatic heterocycles. The number of hydrogen-bond acceptors (Lipinski definition) is 8. The molecule has 0 unspecified atom stereocenters. The number of rotatable bonds is 9. The number of ether oxygens (including phenoxy) is 3. The second kappa shape index (κ2) is 10.6. The van der Waals surface area contributed by atoms with Crippen LogP contribution in [0.5, 0.6) is 17.2 Å². The van der Waals surface area contributed by atoms with Crippen LogP contribution in [0.3, 0.4) is 0 Å². The molecule has 4 aromatic rings. The predicted octanol–water partition coefficient (Wildman–Crippen LogP) is 5.37. The summed E-state index contributed by atoms with van der Waals surface area (Å²) in [6.07, 6.45) is 0.902. The lowest BCUT2D eigenvalue weighted by Crippen LogP contribution is -2.19. The summed E-state index contributed by atoms with van der Waals surface area (Å²) in [4.78, 5) is 6.28. The molecule has 192 valence electrons. The van der Waals surface area contributed by atoms with Crippen molar-refractivity contribution in [3.8, 4) is 28.7 Å². The summed E-state index contributed by atoms with van der Waals surface area (Å²) in [5.41, 5.74) is 1.64. The maximum absolute atomic E-state index is 13.8. The van der Waals surface area contributed by atoms with E-state index in [4.69, 9.17) is 18.6 Å². The molecule has 0 saturated heterocycles. The Kier molecular flexibility index (Phi) is 7.05. The van der Waals surface area contributed by atoms with Crippen LogP contribution in [0.2, 0.25) is 0 Å². The first-order valence-corrected chi connectivity index (χ1v) is 13.6. The molecule has 2 heterocycles. The molecule has 0 saturated carbocycles. The molecule has 0 N–H and O–H groups in total. The Morgan fingerprint density at radius 3 is 2.41 bits per heavy atom. The zero-order chi connectivity index (χ0) is 25.8. The number of fused-ring (bicyclic) bond motifs is 1. The Morgan fingerprint density at radius 1 is 0.946 bits per heavy atom. The van der Waals surface area contributed by atoms with Crippen LogP contribution in [0.25, 0.3) is 11.5 Å². The van der Waals surface area contributed by atoms with Gasteiger partial charge in [0.1, 0.15) is 19.0 Å². The fourth-order valence-corrected chi connectivity index (χ4v) is 5.35. The highest BCUT2D eigenvalue weighted by atomic mass is 32.2. The zero-order valence-corrected chi connectivity index (χ0v) is 21.5. The second-order valence-electron chi connectivity index (χ2n) is 8.65. The third kappa shape index (κ3) is 5.27. The normalized spacial score (nSPS) is 12.8. The summed E-state index contributed by atoms with van der Waals surface area (Å²) < 4.78 is 50.6. The first kappa shape index (κ1) is 24.7. The van der Waals surface area contributed by atoms with Crippen molar-refractivity contribution < 1.29 is 27.0 Å². The number of anilines is 1. The maximum Gasteiger partial charge on any atom is 0.236 e. The highest BCUT2D eigenvalue weighted by Crippen LogP contribution is 2.38. The van der Waals surface area contributed by atoms with Crippen molar-refractivity contribution in [2.45, 2.75) is 29.8 Å². The van der Waals surface area contributed by atoms with E-state index in [0.29, 0.717) is 43.4 Å². The van der Waals surface area contributed by atoms with Crippen molar-refractivity contribution in [1.82, 2.24) is 4.98 Å². The fourth-order valence-electron chi connectivity index (χ4n) is 3.98. The average Bonchev–Trinajstić information content (AvgIpc) is 3.39. The van der Waals surface area contributed by atoms with Crippen LogP contribution in [-0.4, -0.2) is 40.3 Å². The Hall–Kier alpha value is -3.98. The van der Waals surface area contributed by atoms with Crippen LogP contribution >= 0.6 is 0 Å². The van der Waals surface area contributed by atoms with E-state index in [0.717, 1.165) is 17.7 Å². The number of benzene rings is 3. The van der Waals surface area contributed by atoms with Gasteiger partial charge < -0.3 is 23.5 Å². The number of sulfone groups is 1. The summed E-state index contributed by atoms with van der Waals surface area (Å²) in [7, 11) is -2.27. The maximum atomic E-state index is 13.8. The van der Waals surface area contributed by atoms with Crippen LogP contribution in [0.1, 0.15) is 18.9 Å². The first-order chi connectivity index (χ1) is 18.0. The molecular formula is C28H28N2O6S. The second-order valence-corrected chi connectivity index (χ2v) is 10.5. The van der Waals surface area contributed by atoms with E-state index in [1.165, 1.54) is 12.1 Å². The standard InChI is InChI=1S/C28H28N2O6S/c1-3-15-33-22-11-9-21(10-12-22)26-29-27(28(36-26)30(2)19-20-7-5-4-6-8-20)37(31,32)23-13-14-24-25(18-23)35-17-16-34-24/h4-14,18H,3,15-17,19H2,1-2H3. The molecule has 0 bridgehead atoms. The topological polar surface area (TPSA) is 91.1 Å². The van der Waals surface area contributed by atoms with Gasteiger partial charge in [-0.1, -0.05) is 37.3 Å². The predicted molar refractivity (Wildman–Crippen MR) is 139 cm³/mol. The Balaban J connectivity index is 1.55. The quantitative estimate of drug-likeness (QED) is 0.291. The van der Waals surface area contributed by atoms with Crippen molar-refractivity contribution in [2.24, 2.45) is 0 Å². The minimum absolute atomic E-state index is 0.0503. The van der Waals surface area contributed by atoms with Gasteiger partial charge in [0.15, 0.2) is 11.5 Å². The number of nitrogens with zero attached hydrogens (tertiary/aromatic N) is 2. The Bertz CT molecular complexity index is 1470. The fraction of sp³-hybridized carbons (Fsp3) is 0.250. The Labute approximate surface area is 216 Å². The van der Waals surface area contributed by atoms with Gasteiger partial charge in [-0.25, -0.2) is 8.42 Å². The SMILES string of the molecule is CCCOc1ccc(-c2nc(S(=O)(=O)c3ccc4c(c3)OCCO4)c(N(C)Cc3ccccc3)o2)cc1.